The van der Waals surface area contributed by atoms with Gasteiger partial charge in [-0.25, -0.2) is 0 Å². The van der Waals surface area contributed by atoms with Crippen LogP contribution in [0.1, 0.15) is 27.2 Å². The first-order chi connectivity index (χ1) is 9.47. The monoisotopic (exact) mass is 288 g/mol. The van der Waals surface area contributed by atoms with E-state index >= 15 is 0 Å². The van der Waals surface area contributed by atoms with Crippen LogP contribution in [0.4, 0.5) is 0 Å². The quantitative estimate of drug-likeness (QED) is 0.864. The van der Waals surface area contributed by atoms with Gasteiger partial charge in [-0.05, 0) is 25.5 Å². The predicted molar refractivity (Wildman–Crippen MR) is 81.0 cm³/mol. The Morgan fingerprint density at radius 1 is 1.25 bits per heavy atom. The van der Waals surface area contributed by atoms with Gasteiger partial charge in [0.2, 0.25) is 0 Å². The Balaban J connectivity index is 2.14. The van der Waals surface area contributed by atoms with Gasteiger partial charge in [-0.3, -0.25) is 9.78 Å². The van der Waals surface area contributed by atoms with Crippen LogP contribution in [0.2, 0.25) is 5.02 Å². The zero-order valence-electron chi connectivity index (χ0n) is 11.9. The van der Waals surface area contributed by atoms with Crippen LogP contribution in [0.15, 0.2) is 36.5 Å². The van der Waals surface area contributed by atoms with Crippen LogP contribution < -0.4 is 0 Å². The molecule has 3 nitrogen and oxygen atoms in total. The van der Waals surface area contributed by atoms with Gasteiger partial charge in [-0.2, -0.15) is 0 Å². The summed E-state index contributed by atoms with van der Waals surface area (Å²) in [4.78, 5) is 18.1. The second-order valence-electron chi connectivity index (χ2n) is 4.95. The summed E-state index contributed by atoms with van der Waals surface area (Å²) in [6, 6.07) is 9.82. The molecule has 0 aliphatic carbocycles. The SMILES string of the molecule is Cc1ccc(CN(C)C(=O)c2cnc(C)cc2Cl)cc1. The number of amides is 1. The van der Waals surface area contributed by atoms with Crippen LogP contribution in [-0.2, 0) is 6.54 Å². The average Bonchev–Trinajstić information content (AvgIpc) is 2.40. The molecule has 1 heterocycles. The first-order valence-corrected chi connectivity index (χ1v) is 6.78. The third-order valence-electron chi connectivity index (χ3n) is 3.11. The second-order valence-corrected chi connectivity index (χ2v) is 5.36. The molecule has 0 spiro atoms. The Hall–Kier alpha value is -1.87. The van der Waals surface area contributed by atoms with Crippen molar-refractivity contribution in [2.45, 2.75) is 20.4 Å². The fourth-order valence-electron chi connectivity index (χ4n) is 1.93. The van der Waals surface area contributed by atoms with E-state index in [0.717, 1.165) is 11.3 Å². The van der Waals surface area contributed by atoms with Crippen molar-refractivity contribution in [1.29, 1.82) is 0 Å². The zero-order chi connectivity index (χ0) is 14.7. The molecule has 0 unspecified atom stereocenters. The maximum absolute atomic E-state index is 12.3. The maximum atomic E-state index is 12.3. The summed E-state index contributed by atoms with van der Waals surface area (Å²) in [6.07, 6.45) is 1.53. The summed E-state index contributed by atoms with van der Waals surface area (Å²) in [5, 5.41) is 0.443. The third kappa shape index (κ3) is 3.36. The summed E-state index contributed by atoms with van der Waals surface area (Å²) < 4.78 is 0. The lowest BCUT2D eigenvalue weighted by molar-refractivity contribution is 0.0785. The fraction of sp³-hybridized carbons (Fsp3) is 0.250. The lowest BCUT2D eigenvalue weighted by atomic mass is 10.1. The van der Waals surface area contributed by atoms with Crippen molar-refractivity contribution in [3.8, 4) is 0 Å². The molecule has 1 aromatic heterocycles. The summed E-state index contributed by atoms with van der Waals surface area (Å²) in [7, 11) is 1.76. The Kier molecular flexibility index (Phi) is 4.40. The van der Waals surface area contributed by atoms with E-state index in [1.165, 1.54) is 11.8 Å². The Bertz CT molecular complexity index is 623. The van der Waals surface area contributed by atoms with Gasteiger partial charge in [0.25, 0.3) is 5.91 Å². The molecule has 0 aliphatic rings. The number of aromatic nitrogens is 1. The second kappa shape index (κ2) is 6.06. The molecular weight excluding hydrogens is 272 g/mol. The smallest absolute Gasteiger partial charge is 0.256 e. The van der Waals surface area contributed by atoms with Crippen molar-refractivity contribution in [3.63, 3.8) is 0 Å². The van der Waals surface area contributed by atoms with Crippen LogP contribution in [0.25, 0.3) is 0 Å². The number of nitrogens with zero attached hydrogens (tertiary/aromatic N) is 2. The molecule has 1 amide bonds. The van der Waals surface area contributed by atoms with Gasteiger partial charge in [-0.1, -0.05) is 41.4 Å². The van der Waals surface area contributed by atoms with Gasteiger partial charge in [0.05, 0.1) is 10.6 Å². The van der Waals surface area contributed by atoms with Crippen molar-refractivity contribution in [1.82, 2.24) is 9.88 Å². The van der Waals surface area contributed by atoms with Crippen molar-refractivity contribution >= 4 is 17.5 Å². The molecule has 2 aromatic rings. The lowest BCUT2D eigenvalue weighted by Gasteiger charge is -2.18. The molecule has 0 bridgehead atoms. The molecule has 0 radical (unpaired) electrons. The van der Waals surface area contributed by atoms with Gasteiger partial charge in [0.15, 0.2) is 0 Å². The number of hydrogen-bond donors (Lipinski definition) is 0. The van der Waals surface area contributed by atoms with E-state index in [4.69, 9.17) is 11.6 Å². The minimum Gasteiger partial charge on any atom is -0.337 e. The number of rotatable bonds is 3. The lowest BCUT2D eigenvalue weighted by Crippen LogP contribution is -2.26. The molecule has 1 aromatic carbocycles. The molecule has 0 N–H and O–H groups in total. The summed E-state index contributed by atoms with van der Waals surface area (Å²) >= 11 is 6.10. The molecule has 104 valence electrons. The summed E-state index contributed by atoms with van der Waals surface area (Å²) in [5.41, 5.74) is 3.52. The van der Waals surface area contributed by atoms with E-state index < -0.39 is 0 Å². The Morgan fingerprint density at radius 3 is 2.50 bits per heavy atom. The van der Waals surface area contributed by atoms with Crippen LogP contribution in [0, 0.1) is 13.8 Å². The standard InChI is InChI=1S/C16H17ClN2O/c1-11-4-6-13(7-5-11)10-19(3)16(20)14-9-18-12(2)8-15(14)17/h4-9H,10H2,1-3H3. The Labute approximate surface area is 124 Å². The fourth-order valence-corrected chi connectivity index (χ4v) is 2.22. The van der Waals surface area contributed by atoms with Crippen LogP contribution in [0.5, 0.6) is 0 Å². The highest BCUT2D eigenvalue weighted by molar-refractivity contribution is 6.33. The van der Waals surface area contributed by atoms with E-state index in [9.17, 15) is 4.79 Å². The molecule has 0 saturated carbocycles. The molecule has 20 heavy (non-hydrogen) atoms. The third-order valence-corrected chi connectivity index (χ3v) is 3.42. The minimum absolute atomic E-state index is 0.122. The number of carbonyl (C=O) groups excluding carboxylic acids is 1. The van der Waals surface area contributed by atoms with Gasteiger partial charge in [-0.15, -0.1) is 0 Å². The molecule has 0 aliphatic heterocycles. The van der Waals surface area contributed by atoms with E-state index in [2.05, 4.69) is 4.98 Å². The van der Waals surface area contributed by atoms with Gasteiger partial charge >= 0.3 is 0 Å². The first-order valence-electron chi connectivity index (χ1n) is 6.40. The highest BCUT2D eigenvalue weighted by Gasteiger charge is 2.16. The largest absolute Gasteiger partial charge is 0.337 e. The summed E-state index contributed by atoms with van der Waals surface area (Å²) in [5.74, 6) is -0.122. The van der Waals surface area contributed by atoms with Crippen molar-refractivity contribution in [3.05, 3.63) is 63.9 Å². The van der Waals surface area contributed by atoms with Crippen molar-refractivity contribution in [2.24, 2.45) is 0 Å². The highest BCUT2D eigenvalue weighted by atomic mass is 35.5. The van der Waals surface area contributed by atoms with Gasteiger partial charge in [0, 0.05) is 25.5 Å². The van der Waals surface area contributed by atoms with Crippen LogP contribution in [-0.4, -0.2) is 22.8 Å². The van der Waals surface area contributed by atoms with E-state index in [1.807, 2.05) is 38.1 Å². The van der Waals surface area contributed by atoms with Crippen LogP contribution >= 0.6 is 11.6 Å². The average molecular weight is 289 g/mol. The molecule has 0 fully saturated rings. The van der Waals surface area contributed by atoms with E-state index in [-0.39, 0.29) is 5.91 Å². The molecule has 0 atom stereocenters. The number of carbonyl (C=O) groups is 1. The molecule has 0 saturated heterocycles. The number of pyridine rings is 1. The number of aryl methyl sites for hydroxylation is 2. The molecule has 2 rings (SSSR count). The predicted octanol–water partition coefficient (Wildman–Crippen LogP) is 3.62. The topological polar surface area (TPSA) is 33.2 Å². The summed E-state index contributed by atoms with van der Waals surface area (Å²) in [6.45, 7) is 4.43. The van der Waals surface area contributed by atoms with Crippen molar-refractivity contribution < 1.29 is 4.79 Å². The van der Waals surface area contributed by atoms with Crippen LogP contribution in [0.3, 0.4) is 0 Å². The highest BCUT2D eigenvalue weighted by Crippen LogP contribution is 2.18. The maximum Gasteiger partial charge on any atom is 0.256 e. The van der Waals surface area contributed by atoms with Gasteiger partial charge < -0.3 is 4.90 Å². The van der Waals surface area contributed by atoms with E-state index in [1.54, 1.807) is 18.0 Å². The van der Waals surface area contributed by atoms with E-state index in [0.29, 0.717) is 17.1 Å². The molecule has 4 heteroatoms. The number of benzene rings is 1. The number of halogens is 1. The normalized spacial score (nSPS) is 10.4. The number of hydrogen-bond acceptors (Lipinski definition) is 2. The van der Waals surface area contributed by atoms with Gasteiger partial charge in [0.1, 0.15) is 0 Å². The zero-order valence-corrected chi connectivity index (χ0v) is 12.6. The first kappa shape index (κ1) is 14.5. The Morgan fingerprint density at radius 2 is 1.90 bits per heavy atom. The molecular formula is C16H17ClN2O. The van der Waals surface area contributed by atoms with Crippen molar-refractivity contribution in [2.75, 3.05) is 7.05 Å². The minimum atomic E-state index is -0.122.